The molecule has 1 aliphatic heterocycles. The number of aliphatic imine (C=N–C) groups is 1. The lowest BCUT2D eigenvalue weighted by molar-refractivity contribution is 0.248. The number of guanidine groups is 1. The maximum Gasteiger partial charge on any atom is 0.191 e. The van der Waals surface area contributed by atoms with Crippen LogP contribution >= 0.6 is 11.3 Å². The largest absolute Gasteiger partial charge is 0.354 e. The maximum atomic E-state index is 12.2. The Morgan fingerprint density at radius 3 is 2.85 bits per heavy atom. The molecule has 2 fully saturated rings. The average molecular weight is 411 g/mol. The van der Waals surface area contributed by atoms with E-state index in [1.165, 1.54) is 30.8 Å². The fraction of sp³-hybridized carbons (Fsp3) is 0.750. The Balaban J connectivity index is 1.55. The molecular weight excluding hydrogens is 376 g/mol. The van der Waals surface area contributed by atoms with Gasteiger partial charge in [0.05, 0.1) is 6.04 Å². The summed E-state index contributed by atoms with van der Waals surface area (Å²) >= 11 is 1.84. The number of hydrogen-bond acceptors (Lipinski definition) is 4. The molecule has 4 unspecified atom stereocenters. The van der Waals surface area contributed by atoms with Crippen molar-refractivity contribution in [2.45, 2.75) is 62.8 Å². The molecule has 2 heterocycles. The van der Waals surface area contributed by atoms with E-state index in [1.54, 1.807) is 0 Å². The van der Waals surface area contributed by atoms with E-state index in [9.17, 15) is 4.21 Å². The third-order valence-corrected chi connectivity index (χ3v) is 8.48. The fourth-order valence-corrected chi connectivity index (χ4v) is 6.48. The minimum atomic E-state index is -0.690. The van der Waals surface area contributed by atoms with Gasteiger partial charge in [0.1, 0.15) is 0 Å². The van der Waals surface area contributed by atoms with E-state index in [0.717, 1.165) is 43.9 Å². The lowest BCUT2D eigenvalue weighted by Gasteiger charge is -2.31. The Morgan fingerprint density at radius 1 is 1.37 bits per heavy atom. The number of likely N-dealkylation sites (tertiary alicyclic amines) is 1. The summed E-state index contributed by atoms with van der Waals surface area (Å²) in [6.45, 7) is 5.26. The van der Waals surface area contributed by atoms with Crippen LogP contribution in [0.4, 0.5) is 0 Å². The third-order valence-electron chi connectivity index (χ3n) is 5.76. The molecule has 1 aromatic heterocycles. The summed E-state index contributed by atoms with van der Waals surface area (Å²) in [4.78, 5) is 8.47. The minimum absolute atomic E-state index is 0.336. The van der Waals surface area contributed by atoms with Crippen LogP contribution in [-0.2, 0) is 10.8 Å². The van der Waals surface area contributed by atoms with E-state index in [1.807, 2.05) is 25.3 Å². The molecule has 152 valence electrons. The SMILES string of the molecule is CCS(=O)C1CCCC(NC(=NC)NCC(c2cccs2)N2CCCC2)C1. The summed E-state index contributed by atoms with van der Waals surface area (Å²) in [5.74, 6) is 1.64. The van der Waals surface area contributed by atoms with Crippen molar-refractivity contribution in [3.63, 3.8) is 0 Å². The van der Waals surface area contributed by atoms with Gasteiger partial charge in [-0.3, -0.25) is 14.1 Å². The minimum Gasteiger partial charge on any atom is -0.354 e. The van der Waals surface area contributed by atoms with Crippen molar-refractivity contribution in [2.24, 2.45) is 4.99 Å². The zero-order valence-electron chi connectivity index (χ0n) is 16.7. The summed E-state index contributed by atoms with van der Waals surface area (Å²) in [7, 11) is 1.15. The lowest BCUT2D eigenvalue weighted by Crippen LogP contribution is -2.48. The van der Waals surface area contributed by atoms with Crippen LogP contribution in [0.15, 0.2) is 22.5 Å². The third kappa shape index (κ3) is 5.78. The molecule has 3 rings (SSSR count). The number of hydrogen-bond donors (Lipinski definition) is 2. The molecule has 7 heteroatoms. The highest BCUT2D eigenvalue weighted by molar-refractivity contribution is 7.85. The van der Waals surface area contributed by atoms with Gasteiger partial charge in [-0.25, -0.2) is 0 Å². The highest BCUT2D eigenvalue weighted by atomic mass is 32.2. The van der Waals surface area contributed by atoms with Gasteiger partial charge in [-0.15, -0.1) is 11.3 Å². The van der Waals surface area contributed by atoms with Crippen molar-refractivity contribution in [1.29, 1.82) is 0 Å². The summed E-state index contributed by atoms with van der Waals surface area (Å²) in [6, 6.07) is 5.18. The van der Waals surface area contributed by atoms with Crippen LogP contribution in [-0.4, -0.2) is 58.8 Å². The quantitative estimate of drug-likeness (QED) is 0.536. The van der Waals surface area contributed by atoms with Crippen molar-refractivity contribution < 1.29 is 4.21 Å². The van der Waals surface area contributed by atoms with E-state index in [2.05, 4.69) is 38.0 Å². The van der Waals surface area contributed by atoms with Crippen LogP contribution in [0.25, 0.3) is 0 Å². The average Bonchev–Trinajstić information content (AvgIpc) is 3.41. The predicted octanol–water partition coefficient (Wildman–Crippen LogP) is 3.13. The molecule has 5 nitrogen and oxygen atoms in total. The first-order valence-electron chi connectivity index (χ1n) is 10.3. The summed E-state index contributed by atoms with van der Waals surface area (Å²) in [5.41, 5.74) is 0. The molecule has 2 N–H and O–H groups in total. The predicted molar refractivity (Wildman–Crippen MR) is 117 cm³/mol. The Morgan fingerprint density at radius 2 is 2.19 bits per heavy atom. The molecule has 1 saturated heterocycles. The number of nitrogens with zero attached hydrogens (tertiary/aromatic N) is 2. The fourth-order valence-electron chi connectivity index (χ4n) is 4.28. The van der Waals surface area contributed by atoms with Crippen molar-refractivity contribution in [2.75, 3.05) is 32.4 Å². The van der Waals surface area contributed by atoms with E-state index in [-0.39, 0.29) is 0 Å². The second kappa shape index (κ2) is 10.6. The zero-order valence-corrected chi connectivity index (χ0v) is 18.3. The number of rotatable bonds is 7. The first-order chi connectivity index (χ1) is 13.2. The summed E-state index contributed by atoms with van der Waals surface area (Å²) in [6.07, 6.45) is 6.97. The molecule has 2 aliphatic rings. The van der Waals surface area contributed by atoms with Gasteiger partial charge in [-0.05, 0) is 56.6 Å². The van der Waals surface area contributed by atoms with Gasteiger partial charge in [0.15, 0.2) is 5.96 Å². The highest BCUT2D eigenvalue weighted by Gasteiger charge is 2.27. The van der Waals surface area contributed by atoms with E-state index in [0.29, 0.717) is 17.3 Å². The summed E-state index contributed by atoms with van der Waals surface area (Å²) < 4.78 is 12.2. The van der Waals surface area contributed by atoms with Gasteiger partial charge in [-0.1, -0.05) is 19.4 Å². The first kappa shape index (κ1) is 20.8. The Labute approximate surface area is 170 Å². The first-order valence-corrected chi connectivity index (χ1v) is 12.6. The number of thiophene rings is 1. The van der Waals surface area contributed by atoms with Crippen LogP contribution < -0.4 is 10.6 Å². The molecular formula is C20H34N4OS2. The monoisotopic (exact) mass is 410 g/mol. The molecule has 27 heavy (non-hydrogen) atoms. The molecule has 1 saturated carbocycles. The van der Waals surface area contributed by atoms with Crippen LogP contribution in [0.1, 0.15) is 56.4 Å². The highest BCUT2D eigenvalue weighted by Crippen LogP contribution is 2.28. The topological polar surface area (TPSA) is 56.7 Å². The molecule has 0 spiro atoms. The van der Waals surface area contributed by atoms with Gasteiger partial charge in [0, 0.05) is 46.3 Å². The molecule has 4 atom stereocenters. The Bertz CT molecular complexity index is 614. The van der Waals surface area contributed by atoms with Gasteiger partial charge < -0.3 is 10.6 Å². The maximum absolute atomic E-state index is 12.2. The molecule has 0 amide bonds. The molecule has 1 aromatic rings. The van der Waals surface area contributed by atoms with Crippen molar-refractivity contribution in [1.82, 2.24) is 15.5 Å². The van der Waals surface area contributed by atoms with Crippen molar-refractivity contribution in [3.05, 3.63) is 22.4 Å². The molecule has 0 aromatic carbocycles. The molecule has 0 radical (unpaired) electrons. The van der Waals surface area contributed by atoms with Crippen molar-refractivity contribution in [3.8, 4) is 0 Å². The van der Waals surface area contributed by atoms with Gasteiger partial charge in [0.2, 0.25) is 0 Å². The number of nitrogens with one attached hydrogen (secondary N) is 2. The second-order valence-electron chi connectivity index (χ2n) is 7.53. The molecule has 0 bridgehead atoms. The van der Waals surface area contributed by atoms with E-state index < -0.39 is 10.8 Å². The van der Waals surface area contributed by atoms with Crippen LogP contribution in [0.5, 0.6) is 0 Å². The van der Waals surface area contributed by atoms with Crippen LogP contribution in [0.2, 0.25) is 0 Å². The summed E-state index contributed by atoms with van der Waals surface area (Å²) in [5, 5.41) is 9.67. The zero-order chi connectivity index (χ0) is 19.1. The van der Waals surface area contributed by atoms with Gasteiger partial charge in [-0.2, -0.15) is 0 Å². The van der Waals surface area contributed by atoms with E-state index in [4.69, 9.17) is 0 Å². The van der Waals surface area contributed by atoms with Crippen LogP contribution in [0, 0.1) is 0 Å². The van der Waals surface area contributed by atoms with Crippen molar-refractivity contribution >= 4 is 28.1 Å². The van der Waals surface area contributed by atoms with Gasteiger partial charge in [0.25, 0.3) is 0 Å². The smallest absolute Gasteiger partial charge is 0.191 e. The standard InChI is InChI=1S/C20H34N4OS2/c1-3-27(25)17-9-6-8-16(14-17)23-20(21-2)22-15-18(19-10-7-13-26-19)24-11-4-5-12-24/h7,10,13,16-18H,3-6,8-9,11-12,14-15H2,1-2H3,(H2,21,22,23). The van der Waals surface area contributed by atoms with E-state index >= 15 is 0 Å². The Hall–Kier alpha value is -0.920. The van der Waals surface area contributed by atoms with Gasteiger partial charge >= 0.3 is 0 Å². The lowest BCUT2D eigenvalue weighted by atomic mass is 9.95. The second-order valence-corrected chi connectivity index (χ2v) is 10.5. The van der Waals surface area contributed by atoms with Crippen LogP contribution in [0.3, 0.4) is 0 Å². The Kier molecular flexibility index (Phi) is 8.15. The molecule has 1 aliphatic carbocycles. The normalized spacial score (nSPS) is 26.7.